The Morgan fingerprint density at radius 3 is 2.38 bits per heavy atom. The minimum atomic E-state index is 0.586. The molecule has 0 fully saturated rings. The molecule has 0 spiro atoms. The van der Waals surface area contributed by atoms with E-state index in [-0.39, 0.29) is 0 Å². The summed E-state index contributed by atoms with van der Waals surface area (Å²) in [5.74, 6) is 1.43. The van der Waals surface area contributed by atoms with Crippen LogP contribution in [0.25, 0.3) is 50.3 Å². The summed E-state index contributed by atoms with van der Waals surface area (Å²) in [6, 6.07) is 39.7. The van der Waals surface area contributed by atoms with E-state index >= 15 is 0 Å². The van der Waals surface area contributed by atoms with E-state index < -0.39 is 0 Å². The van der Waals surface area contributed by atoms with Gasteiger partial charge in [0.15, 0.2) is 5.82 Å². The maximum Gasteiger partial charge on any atom is 0.180 e. The molecule has 8 aromatic rings. The largest absolute Gasteiger partial charge is 0.361 e. The number of aromatic amines is 1. The number of pyridine rings is 2. The fraction of sp³-hybridized carbons (Fsp3) is 0.100. The first-order chi connectivity index (χ1) is 23.2. The van der Waals surface area contributed by atoms with Crippen LogP contribution < -0.4 is 4.90 Å². The quantitative estimate of drug-likeness (QED) is 0.177. The zero-order valence-electron chi connectivity index (χ0n) is 26.1. The molecule has 228 valence electrons. The van der Waals surface area contributed by atoms with E-state index in [0.717, 1.165) is 41.3 Å². The summed E-state index contributed by atoms with van der Waals surface area (Å²) in [6.07, 6.45) is 8.36. The normalized spacial score (nSPS) is 11.3. The van der Waals surface area contributed by atoms with Crippen LogP contribution in [-0.2, 0) is 13.0 Å². The van der Waals surface area contributed by atoms with Gasteiger partial charge in [0.2, 0.25) is 0 Å². The van der Waals surface area contributed by atoms with Crippen LogP contribution in [-0.4, -0.2) is 36.0 Å². The highest BCUT2D eigenvalue weighted by atomic mass is 15.2. The van der Waals surface area contributed by atoms with Crippen molar-refractivity contribution in [3.63, 3.8) is 0 Å². The van der Waals surface area contributed by atoms with Crippen LogP contribution >= 0.6 is 0 Å². The average molecular weight is 612 g/mol. The Bertz CT molecular complexity index is 2230. The highest BCUT2D eigenvalue weighted by molar-refractivity contribution is 5.87. The summed E-state index contributed by atoms with van der Waals surface area (Å²) in [7, 11) is 0. The van der Waals surface area contributed by atoms with Gasteiger partial charge in [-0.05, 0) is 73.0 Å². The lowest BCUT2D eigenvalue weighted by atomic mass is 10.1. The maximum atomic E-state index is 5.16. The molecule has 7 heteroatoms. The van der Waals surface area contributed by atoms with Gasteiger partial charge in [0.05, 0.1) is 11.2 Å². The molecular weight excluding hydrogens is 578 g/mol. The van der Waals surface area contributed by atoms with Crippen LogP contribution in [0.3, 0.4) is 0 Å². The van der Waals surface area contributed by atoms with E-state index in [1.54, 1.807) is 12.4 Å². The highest BCUT2D eigenvalue weighted by Crippen LogP contribution is 2.32. The molecule has 0 atom stereocenters. The third-order valence-electron chi connectivity index (χ3n) is 8.81. The molecule has 5 aromatic heterocycles. The number of rotatable bonds is 9. The zero-order valence-corrected chi connectivity index (χ0v) is 26.1. The molecule has 0 unspecified atom stereocenters. The molecule has 8 rings (SSSR count). The Morgan fingerprint density at radius 2 is 1.55 bits per heavy atom. The molecule has 47 heavy (non-hydrogen) atoms. The van der Waals surface area contributed by atoms with Crippen LogP contribution in [0.2, 0.25) is 0 Å². The number of aromatic nitrogens is 6. The summed E-state index contributed by atoms with van der Waals surface area (Å²) in [5.41, 5.74) is 9.77. The summed E-state index contributed by atoms with van der Waals surface area (Å²) in [4.78, 5) is 24.9. The predicted octanol–water partition coefficient (Wildman–Crippen LogP) is 8.58. The van der Waals surface area contributed by atoms with Crippen molar-refractivity contribution in [1.29, 1.82) is 0 Å². The lowest BCUT2D eigenvalue weighted by Crippen LogP contribution is -2.27. The first-order valence-electron chi connectivity index (χ1n) is 15.9. The molecule has 7 nitrogen and oxygen atoms in total. The smallest absolute Gasteiger partial charge is 0.180 e. The molecule has 3 aromatic carbocycles. The van der Waals surface area contributed by atoms with Gasteiger partial charge in [0.25, 0.3) is 0 Å². The van der Waals surface area contributed by atoms with Gasteiger partial charge in [-0.15, -0.1) is 0 Å². The molecule has 0 aliphatic heterocycles. The lowest BCUT2D eigenvalue weighted by Gasteiger charge is -2.25. The fourth-order valence-corrected chi connectivity index (χ4v) is 6.52. The van der Waals surface area contributed by atoms with E-state index in [1.165, 1.54) is 38.8 Å². The number of nitrogens with one attached hydrogen (secondary N) is 1. The second kappa shape index (κ2) is 12.4. The van der Waals surface area contributed by atoms with Crippen molar-refractivity contribution in [2.24, 2.45) is 0 Å². The second-order valence-corrected chi connectivity index (χ2v) is 11.7. The van der Waals surface area contributed by atoms with Gasteiger partial charge in [0, 0.05) is 77.2 Å². The fourth-order valence-electron chi connectivity index (χ4n) is 6.52. The third kappa shape index (κ3) is 5.53. The van der Waals surface area contributed by atoms with Gasteiger partial charge >= 0.3 is 0 Å². The van der Waals surface area contributed by atoms with Crippen molar-refractivity contribution in [2.45, 2.75) is 19.9 Å². The lowest BCUT2D eigenvalue weighted by molar-refractivity contribution is 0.768. The third-order valence-corrected chi connectivity index (χ3v) is 8.81. The minimum Gasteiger partial charge on any atom is -0.361 e. The van der Waals surface area contributed by atoms with Crippen LogP contribution in [0.15, 0.2) is 140 Å². The molecule has 0 aliphatic rings. The van der Waals surface area contributed by atoms with Crippen molar-refractivity contribution < 1.29 is 0 Å². The standard InChI is InChI=1S/C40H33N7/c1-28-32(34-16-6-8-19-38(34)47(28)31-13-3-2-4-14-31)20-23-46(27-30-26-43-35-17-7-5-15-33(30)35)39-24-37(29-12-11-21-41-25-29)44-40(45-39)36-18-9-10-22-42-36/h2-19,21-22,24-26,43H,20,23,27H2,1H3. The molecule has 1 N–H and O–H groups in total. The van der Waals surface area contributed by atoms with Crippen molar-refractivity contribution in [2.75, 3.05) is 11.4 Å². The summed E-state index contributed by atoms with van der Waals surface area (Å²) >= 11 is 0. The number of fused-ring (bicyclic) bond motifs is 2. The van der Waals surface area contributed by atoms with E-state index in [9.17, 15) is 0 Å². The first kappa shape index (κ1) is 28.4. The van der Waals surface area contributed by atoms with Crippen molar-refractivity contribution in [3.05, 3.63) is 157 Å². The molecular formula is C40H33N7. The summed E-state index contributed by atoms with van der Waals surface area (Å²) in [6.45, 7) is 3.65. The molecule has 0 saturated carbocycles. The van der Waals surface area contributed by atoms with Crippen molar-refractivity contribution in [3.8, 4) is 28.5 Å². The first-order valence-corrected chi connectivity index (χ1v) is 15.9. The van der Waals surface area contributed by atoms with Gasteiger partial charge in [0.1, 0.15) is 11.5 Å². The molecule has 0 aliphatic carbocycles. The van der Waals surface area contributed by atoms with Crippen LogP contribution in [0.4, 0.5) is 5.82 Å². The molecule has 0 saturated heterocycles. The Balaban J connectivity index is 1.25. The highest BCUT2D eigenvalue weighted by Gasteiger charge is 2.20. The number of benzene rings is 3. The number of hydrogen-bond donors (Lipinski definition) is 1. The number of nitrogens with zero attached hydrogens (tertiary/aromatic N) is 6. The molecule has 0 radical (unpaired) electrons. The summed E-state index contributed by atoms with van der Waals surface area (Å²) in [5, 5.41) is 2.48. The second-order valence-electron chi connectivity index (χ2n) is 11.7. The summed E-state index contributed by atoms with van der Waals surface area (Å²) < 4.78 is 2.37. The molecule has 5 heterocycles. The van der Waals surface area contributed by atoms with Gasteiger partial charge in [-0.2, -0.15) is 0 Å². The van der Waals surface area contributed by atoms with Gasteiger partial charge in [-0.25, -0.2) is 9.97 Å². The number of para-hydroxylation sites is 3. The van der Waals surface area contributed by atoms with Crippen LogP contribution in [0, 0.1) is 6.92 Å². The van der Waals surface area contributed by atoms with Gasteiger partial charge < -0.3 is 14.5 Å². The van der Waals surface area contributed by atoms with Gasteiger partial charge in [-0.3, -0.25) is 9.97 Å². The minimum absolute atomic E-state index is 0.586. The number of anilines is 1. The van der Waals surface area contributed by atoms with E-state index in [0.29, 0.717) is 12.4 Å². The topological polar surface area (TPSA) is 75.5 Å². The molecule has 0 amide bonds. The average Bonchev–Trinajstić information content (AvgIpc) is 3.68. The number of hydrogen-bond acceptors (Lipinski definition) is 5. The van der Waals surface area contributed by atoms with E-state index in [4.69, 9.17) is 9.97 Å². The Labute approximate surface area is 273 Å². The van der Waals surface area contributed by atoms with Crippen molar-refractivity contribution >= 4 is 27.6 Å². The predicted molar refractivity (Wildman–Crippen MR) is 190 cm³/mol. The molecule has 0 bridgehead atoms. The number of H-pyrrole nitrogens is 1. The Hall–Kier alpha value is -6.08. The van der Waals surface area contributed by atoms with Crippen LogP contribution in [0.5, 0.6) is 0 Å². The Morgan fingerprint density at radius 1 is 0.745 bits per heavy atom. The monoisotopic (exact) mass is 611 g/mol. The zero-order chi connectivity index (χ0) is 31.6. The maximum absolute atomic E-state index is 5.16. The van der Waals surface area contributed by atoms with E-state index in [2.05, 4.69) is 122 Å². The van der Waals surface area contributed by atoms with Gasteiger partial charge in [-0.1, -0.05) is 60.7 Å². The Kier molecular flexibility index (Phi) is 7.47. The van der Waals surface area contributed by atoms with Crippen LogP contribution in [0.1, 0.15) is 16.8 Å². The van der Waals surface area contributed by atoms with E-state index in [1.807, 2.05) is 36.5 Å². The van der Waals surface area contributed by atoms with Crippen molar-refractivity contribution in [1.82, 2.24) is 29.5 Å². The SMILES string of the molecule is Cc1c(CCN(Cc2c[nH]c3ccccc23)c2cc(-c3cccnc3)nc(-c3ccccn3)n2)c2ccccc2n1-c1ccccc1.